The van der Waals surface area contributed by atoms with Crippen LogP contribution in [-0.2, 0) is 0 Å². The highest BCUT2D eigenvalue weighted by molar-refractivity contribution is 7.97. The smallest absolute Gasteiger partial charge is 0.124 e. The summed E-state index contributed by atoms with van der Waals surface area (Å²) in [6.45, 7) is 0. The highest BCUT2D eigenvalue weighted by Crippen LogP contribution is 2.28. The van der Waals surface area contributed by atoms with Gasteiger partial charge in [-0.2, -0.15) is 0 Å². The summed E-state index contributed by atoms with van der Waals surface area (Å²) in [4.78, 5) is 5.04. The van der Waals surface area contributed by atoms with E-state index in [1.165, 1.54) is 0 Å². The van der Waals surface area contributed by atoms with Gasteiger partial charge >= 0.3 is 0 Å². The first-order valence-electron chi connectivity index (χ1n) is 4.99. The number of benzene rings is 1. The van der Waals surface area contributed by atoms with Crippen molar-refractivity contribution in [2.75, 3.05) is 0 Å². The molecule has 0 saturated heterocycles. The van der Waals surface area contributed by atoms with Crippen molar-refractivity contribution in [1.29, 1.82) is 5.41 Å². The standard InChI is InChI=1S/C12H12N4S/c13-12(14)11-8(4-3-6-10(11)17-15)9-5-1-2-7-16-9/h1-7H,15H2,(H3,13,14). The Balaban J connectivity index is 2.66. The topological polar surface area (TPSA) is 88.8 Å². The lowest BCUT2D eigenvalue weighted by atomic mass is 10.0. The summed E-state index contributed by atoms with van der Waals surface area (Å²) in [6, 6.07) is 11.2. The first-order valence-corrected chi connectivity index (χ1v) is 5.87. The van der Waals surface area contributed by atoms with Crippen LogP contribution in [0, 0.1) is 5.41 Å². The third-order valence-electron chi connectivity index (χ3n) is 2.36. The van der Waals surface area contributed by atoms with E-state index in [-0.39, 0.29) is 5.84 Å². The maximum atomic E-state index is 7.65. The summed E-state index contributed by atoms with van der Waals surface area (Å²) in [5.41, 5.74) is 7.87. The molecule has 0 aliphatic carbocycles. The molecule has 5 N–H and O–H groups in total. The minimum Gasteiger partial charge on any atom is -0.384 e. The Morgan fingerprint density at radius 1 is 1.18 bits per heavy atom. The van der Waals surface area contributed by atoms with E-state index in [2.05, 4.69) is 4.98 Å². The first kappa shape index (κ1) is 11.6. The summed E-state index contributed by atoms with van der Waals surface area (Å²) in [5, 5.41) is 13.2. The lowest BCUT2D eigenvalue weighted by molar-refractivity contribution is 1.28. The fourth-order valence-electron chi connectivity index (χ4n) is 1.64. The molecule has 4 nitrogen and oxygen atoms in total. The molecule has 17 heavy (non-hydrogen) atoms. The van der Waals surface area contributed by atoms with Crippen molar-refractivity contribution >= 4 is 17.8 Å². The van der Waals surface area contributed by atoms with Crippen LogP contribution in [0.15, 0.2) is 47.5 Å². The highest BCUT2D eigenvalue weighted by atomic mass is 32.2. The average Bonchev–Trinajstić information content (AvgIpc) is 2.38. The number of amidine groups is 1. The number of nitrogens with two attached hydrogens (primary N) is 2. The molecule has 0 aliphatic rings. The second-order valence-corrected chi connectivity index (χ2v) is 4.10. The zero-order valence-corrected chi connectivity index (χ0v) is 9.87. The Kier molecular flexibility index (Phi) is 3.41. The first-order chi connectivity index (χ1) is 8.24. The Labute approximate surface area is 104 Å². The van der Waals surface area contributed by atoms with Crippen molar-refractivity contribution < 1.29 is 0 Å². The number of nitrogens with one attached hydrogen (secondary N) is 1. The van der Waals surface area contributed by atoms with Gasteiger partial charge in [0.1, 0.15) is 5.84 Å². The van der Waals surface area contributed by atoms with Gasteiger partial charge < -0.3 is 5.73 Å². The summed E-state index contributed by atoms with van der Waals surface area (Å²) in [7, 11) is 0. The summed E-state index contributed by atoms with van der Waals surface area (Å²) < 4.78 is 0. The molecule has 0 fully saturated rings. The molecule has 1 heterocycles. The van der Waals surface area contributed by atoms with E-state index in [9.17, 15) is 0 Å². The molecule has 0 saturated carbocycles. The molecule has 0 spiro atoms. The van der Waals surface area contributed by atoms with Gasteiger partial charge in [0.05, 0.1) is 5.69 Å². The third kappa shape index (κ3) is 2.30. The minimum atomic E-state index is -0.000738. The van der Waals surface area contributed by atoms with Crippen LogP contribution in [0.2, 0.25) is 0 Å². The van der Waals surface area contributed by atoms with Gasteiger partial charge in [-0.3, -0.25) is 15.5 Å². The predicted octanol–water partition coefficient (Wildman–Crippen LogP) is 2.00. The predicted molar refractivity (Wildman–Crippen MR) is 70.7 cm³/mol. The molecule has 1 aromatic heterocycles. The molecular formula is C12H12N4S. The number of rotatable bonds is 3. The van der Waals surface area contributed by atoms with Gasteiger partial charge in [-0.25, -0.2) is 0 Å². The molecule has 0 aliphatic heterocycles. The fraction of sp³-hybridized carbons (Fsp3) is 0. The third-order valence-corrected chi connectivity index (χ3v) is 2.96. The maximum Gasteiger partial charge on any atom is 0.124 e. The van der Waals surface area contributed by atoms with Crippen molar-refractivity contribution in [3.63, 3.8) is 0 Å². The van der Waals surface area contributed by atoms with Crippen molar-refractivity contribution in [3.8, 4) is 11.3 Å². The number of pyridine rings is 1. The van der Waals surface area contributed by atoms with Gasteiger partial charge in [0, 0.05) is 22.2 Å². The van der Waals surface area contributed by atoms with Crippen LogP contribution in [0.4, 0.5) is 0 Å². The second kappa shape index (κ2) is 4.99. The number of nitrogen functional groups attached to an aromatic ring is 1. The number of hydrogen-bond acceptors (Lipinski definition) is 4. The normalized spacial score (nSPS) is 10.2. The van der Waals surface area contributed by atoms with Crippen LogP contribution in [-0.4, -0.2) is 10.8 Å². The molecule has 1 aromatic carbocycles. The number of hydrogen-bond donors (Lipinski definition) is 3. The van der Waals surface area contributed by atoms with Crippen LogP contribution in [0.25, 0.3) is 11.3 Å². The van der Waals surface area contributed by atoms with Crippen molar-refractivity contribution in [2.24, 2.45) is 10.9 Å². The van der Waals surface area contributed by atoms with Crippen molar-refractivity contribution in [2.45, 2.75) is 4.90 Å². The quantitative estimate of drug-likeness (QED) is 0.437. The van der Waals surface area contributed by atoms with E-state index in [0.717, 1.165) is 28.1 Å². The summed E-state index contributed by atoms with van der Waals surface area (Å²) in [6.07, 6.45) is 1.71. The average molecular weight is 244 g/mol. The monoisotopic (exact) mass is 244 g/mol. The van der Waals surface area contributed by atoms with Crippen molar-refractivity contribution in [3.05, 3.63) is 48.2 Å². The molecule has 2 rings (SSSR count). The van der Waals surface area contributed by atoms with Gasteiger partial charge in [-0.15, -0.1) is 0 Å². The Bertz CT molecular complexity index is 539. The maximum absolute atomic E-state index is 7.65. The lowest BCUT2D eigenvalue weighted by Crippen LogP contribution is -2.14. The van der Waals surface area contributed by atoms with Gasteiger partial charge in [0.15, 0.2) is 0 Å². The zero-order valence-electron chi connectivity index (χ0n) is 9.05. The van der Waals surface area contributed by atoms with E-state index in [0.29, 0.717) is 5.56 Å². The molecular weight excluding hydrogens is 232 g/mol. The van der Waals surface area contributed by atoms with Gasteiger partial charge in [-0.1, -0.05) is 18.2 Å². The SMILES string of the molecule is N=C(N)c1c(SN)cccc1-c1ccccn1. The van der Waals surface area contributed by atoms with E-state index >= 15 is 0 Å². The second-order valence-electron chi connectivity index (χ2n) is 3.43. The van der Waals surface area contributed by atoms with Crippen LogP contribution in [0.5, 0.6) is 0 Å². The van der Waals surface area contributed by atoms with E-state index in [1.807, 2.05) is 36.4 Å². The van der Waals surface area contributed by atoms with Crippen LogP contribution < -0.4 is 10.9 Å². The Morgan fingerprint density at radius 3 is 2.59 bits per heavy atom. The lowest BCUT2D eigenvalue weighted by Gasteiger charge is -2.11. The molecule has 5 heteroatoms. The van der Waals surface area contributed by atoms with Gasteiger partial charge in [0.2, 0.25) is 0 Å². The van der Waals surface area contributed by atoms with Gasteiger partial charge in [0.25, 0.3) is 0 Å². The molecule has 0 radical (unpaired) electrons. The fourth-order valence-corrected chi connectivity index (χ4v) is 2.14. The van der Waals surface area contributed by atoms with E-state index in [1.54, 1.807) is 6.20 Å². The van der Waals surface area contributed by atoms with Crippen LogP contribution >= 0.6 is 11.9 Å². The molecule has 0 amide bonds. The van der Waals surface area contributed by atoms with Gasteiger partial charge in [-0.05, 0) is 30.1 Å². The highest BCUT2D eigenvalue weighted by Gasteiger charge is 2.12. The minimum absolute atomic E-state index is 0.000738. The molecule has 2 aromatic rings. The van der Waals surface area contributed by atoms with Crippen LogP contribution in [0.3, 0.4) is 0 Å². The molecule has 0 atom stereocenters. The van der Waals surface area contributed by atoms with E-state index in [4.69, 9.17) is 16.3 Å². The summed E-state index contributed by atoms with van der Waals surface area (Å²) in [5.74, 6) is -0.000738. The van der Waals surface area contributed by atoms with Crippen molar-refractivity contribution in [1.82, 2.24) is 4.98 Å². The molecule has 0 unspecified atom stereocenters. The molecule has 86 valence electrons. The molecule has 0 bridgehead atoms. The van der Waals surface area contributed by atoms with E-state index < -0.39 is 0 Å². The Morgan fingerprint density at radius 2 is 2.00 bits per heavy atom. The number of aromatic nitrogens is 1. The zero-order chi connectivity index (χ0) is 12.3. The Hall–Kier alpha value is -1.85. The number of nitrogens with zero attached hydrogens (tertiary/aromatic N) is 1. The summed E-state index contributed by atoms with van der Waals surface area (Å²) >= 11 is 1.08. The van der Waals surface area contributed by atoms with Crippen LogP contribution in [0.1, 0.15) is 5.56 Å². The largest absolute Gasteiger partial charge is 0.384 e.